The molecule has 156 valence electrons. The molecular formula is C23H31N3O3. The number of nitrogens with zero attached hydrogens (tertiary/aromatic N) is 2. The zero-order chi connectivity index (χ0) is 20.8. The summed E-state index contributed by atoms with van der Waals surface area (Å²) < 4.78 is 5.27. The third kappa shape index (κ3) is 5.26. The van der Waals surface area contributed by atoms with Crippen molar-refractivity contribution in [2.24, 2.45) is 5.92 Å². The van der Waals surface area contributed by atoms with Gasteiger partial charge in [-0.3, -0.25) is 4.79 Å². The Labute approximate surface area is 172 Å². The summed E-state index contributed by atoms with van der Waals surface area (Å²) in [6.45, 7) is 6.02. The number of hydrogen-bond donors (Lipinski definition) is 2. The lowest BCUT2D eigenvalue weighted by Gasteiger charge is -2.22. The van der Waals surface area contributed by atoms with Crippen LogP contribution in [0.5, 0.6) is 5.75 Å². The summed E-state index contributed by atoms with van der Waals surface area (Å²) in [6, 6.07) is 9.46. The van der Waals surface area contributed by atoms with Crippen molar-refractivity contribution in [2.75, 3.05) is 31.7 Å². The number of amides is 1. The SMILES string of the molecule is COc1ccc(-c2cc(C(=O)NC(CO)CC(C)C)cnc2N2CCCC2)cc1. The molecular weight excluding hydrogens is 366 g/mol. The lowest BCUT2D eigenvalue weighted by molar-refractivity contribution is 0.0908. The average Bonchev–Trinajstić information content (AvgIpc) is 3.27. The molecule has 2 N–H and O–H groups in total. The minimum absolute atomic E-state index is 0.0749. The normalized spacial score (nSPS) is 14.9. The number of aromatic nitrogens is 1. The first-order valence-corrected chi connectivity index (χ1v) is 10.3. The van der Waals surface area contributed by atoms with Crippen molar-refractivity contribution in [3.05, 3.63) is 42.1 Å². The molecule has 6 nitrogen and oxygen atoms in total. The Morgan fingerprint density at radius 1 is 1.24 bits per heavy atom. The van der Waals surface area contributed by atoms with Gasteiger partial charge in [-0.25, -0.2) is 4.98 Å². The Morgan fingerprint density at radius 2 is 1.93 bits per heavy atom. The Balaban J connectivity index is 1.92. The van der Waals surface area contributed by atoms with Crippen LogP contribution in [0.2, 0.25) is 0 Å². The van der Waals surface area contributed by atoms with Gasteiger partial charge >= 0.3 is 0 Å². The van der Waals surface area contributed by atoms with E-state index in [9.17, 15) is 9.90 Å². The fraction of sp³-hybridized carbons (Fsp3) is 0.478. The zero-order valence-corrected chi connectivity index (χ0v) is 17.5. The Bertz CT molecular complexity index is 815. The first-order chi connectivity index (χ1) is 14.0. The van der Waals surface area contributed by atoms with Gasteiger partial charge in [0.15, 0.2) is 0 Å². The second-order valence-corrected chi connectivity index (χ2v) is 8.00. The summed E-state index contributed by atoms with van der Waals surface area (Å²) >= 11 is 0. The van der Waals surface area contributed by atoms with E-state index in [-0.39, 0.29) is 18.6 Å². The topological polar surface area (TPSA) is 74.7 Å². The third-order valence-electron chi connectivity index (χ3n) is 5.25. The van der Waals surface area contributed by atoms with Crippen LogP contribution in [0.1, 0.15) is 43.5 Å². The highest BCUT2D eigenvalue weighted by molar-refractivity contribution is 5.96. The van der Waals surface area contributed by atoms with Crippen LogP contribution < -0.4 is 15.0 Å². The van der Waals surface area contributed by atoms with Gasteiger partial charge in [-0.05, 0) is 48.9 Å². The van der Waals surface area contributed by atoms with Gasteiger partial charge < -0.3 is 20.1 Å². The van der Waals surface area contributed by atoms with Gasteiger partial charge in [0.2, 0.25) is 0 Å². The van der Waals surface area contributed by atoms with Crippen LogP contribution in [0.3, 0.4) is 0 Å². The van der Waals surface area contributed by atoms with Gasteiger partial charge in [-0.2, -0.15) is 0 Å². The molecule has 1 fully saturated rings. The maximum absolute atomic E-state index is 12.8. The summed E-state index contributed by atoms with van der Waals surface area (Å²) in [5.41, 5.74) is 2.43. The quantitative estimate of drug-likeness (QED) is 0.713. The van der Waals surface area contributed by atoms with Gasteiger partial charge in [0, 0.05) is 24.8 Å². The van der Waals surface area contributed by atoms with E-state index in [1.807, 2.05) is 30.3 Å². The number of benzene rings is 1. The standard InChI is InChI=1S/C23H31N3O3/c1-16(2)12-19(15-27)25-23(28)18-13-21(17-6-8-20(29-3)9-7-17)22(24-14-18)26-10-4-5-11-26/h6-9,13-14,16,19,27H,4-5,10-12,15H2,1-3H3,(H,25,28). The average molecular weight is 398 g/mol. The molecule has 1 amide bonds. The molecule has 0 spiro atoms. The van der Waals surface area contributed by atoms with Crippen molar-refractivity contribution in [2.45, 2.75) is 39.2 Å². The van der Waals surface area contributed by atoms with Crippen molar-refractivity contribution >= 4 is 11.7 Å². The molecule has 1 aromatic heterocycles. The van der Waals surface area contributed by atoms with E-state index in [4.69, 9.17) is 4.74 Å². The summed E-state index contributed by atoms with van der Waals surface area (Å²) in [4.78, 5) is 19.8. The molecule has 2 heterocycles. The van der Waals surface area contributed by atoms with E-state index < -0.39 is 0 Å². The summed E-state index contributed by atoms with van der Waals surface area (Å²) in [7, 11) is 1.64. The maximum Gasteiger partial charge on any atom is 0.253 e. The van der Waals surface area contributed by atoms with Crippen molar-refractivity contribution in [3.8, 4) is 16.9 Å². The summed E-state index contributed by atoms with van der Waals surface area (Å²) in [6.07, 6.45) is 4.67. The summed E-state index contributed by atoms with van der Waals surface area (Å²) in [5.74, 6) is 1.88. The molecule has 0 bridgehead atoms. The van der Waals surface area contributed by atoms with Crippen molar-refractivity contribution in [3.63, 3.8) is 0 Å². The van der Waals surface area contributed by atoms with Gasteiger partial charge in [0.05, 0.1) is 25.3 Å². The van der Waals surface area contributed by atoms with Crippen molar-refractivity contribution < 1.29 is 14.6 Å². The molecule has 1 aliphatic rings. The van der Waals surface area contributed by atoms with Crippen LogP contribution in [0.4, 0.5) is 5.82 Å². The number of aliphatic hydroxyl groups is 1. The molecule has 3 rings (SSSR count). The van der Waals surface area contributed by atoms with E-state index in [1.165, 1.54) is 0 Å². The highest BCUT2D eigenvalue weighted by Crippen LogP contribution is 2.33. The molecule has 6 heteroatoms. The van der Waals surface area contributed by atoms with Crippen LogP contribution in [0.25, 0.3) is 11.1 Å². The van der Waals surface area contributed by atoms with Crippen LogP contribution in [-0.4, -0.2) is 48.8 Å². The lowest BCUT2D eigenvalue weighted by atomic mass is 10.0. The van der Waals surface area contributed by atoms with Gasteiger partial charge in [0.25, 0.3) is 5.91 Å². The lowest BCUT2D eigenvalue weighted by Crippen LogP contribution is -2.38. The highest BCUT2D eigenvalue weighted by atomic mass is 16.5. The fourth-order valence-corrected chi connectivity index (χ4v) is 3.76. The number of anilines is 1. The minimum Gasteiger partial charge on any atom is -0.497 e. The molecule has 0 aliphatic carbocycles. The third-order valence-corrected chi connectivity index (χ3v) is 5.25. The summed E-state index contributed by atoms with van der Waals surface area (Å²) in [5, 5.41) is 12.5. The molecule has 0 radical (unpaired) electrons. The Morgan fingerprint density at radius 3 is 2.52 bits per heavy atom. The van der Waals surface area contributed by atoms with E-state index in [0.717, 1.165) is 55.0 Å². The highest BCUT2D eigenvalue weighted by Gasteiger charge is 2.21. The number of hydrogen-bond acceptors (Lipinski definition) is 5. The van der Waals surface area contributed by atoms with Gasteiger partial charge in [-0.15, -0.1) is 0 Å². The van der Waals surface area contributed by atoms with Crippen LogP contribution in [-0.2, 0) is 0 Å². The molecule has 1 aliphatic heterocycles. The second kappa shape index (κ2) is 9.74. The van der Waals surface area contributed by atoms with Crippen molar-refractivity contribution in [1.82, 2.24) is 10.3 Å². The van der Waals surface area contributed by atoms with Crippen LogP contribution >= 0.6 is 0 Å². The maximum atomic E-state index is 12.8. The molecule has 1 unspecified atom stereocenters. The van der Waals surface area contributed by atoms with Gasteiger partial charge in [-0.1, -0.05) is 26.0 Å². The largest absolute Gasteiger partial charge is 0.497 e. The van der Waals surface area contributed by atoms with Crippen molar-refractivity contribution in [1.29, 1.82) is 0 Å². The number of nitrogens with one attached hydrogen (secondary N) is 1. The van der Waals surface area contributed by atoms with Crippen LogP contribution in [0.15, 0.2) is 36.5 Å². The first kappa shape index (κ1) is 21.1. The van der Waals surface area contributed by atoms with Gasteiger partial charge in [0.1, 0.15) is 11.6 Å². The molecule has 29 heavy (non-hydrogen) atoms. The smallest absolute Gasteiger partial charge is 0.253 e. The molecule has 1 atom stereocenters. The number of ether oxygens (including phenoxy) is 1. The van der Waals surface area contributed by atoms with Crippen LogP contribution in [0, 0.1) is 5.92 Å². The number of carbonyl (C=O) groups excluding carboxylic acids is 1. The number of rotatable bonds is 8. The predicted octanol–water partition coefficient (Wildman–Crippen LogP) is 3.49. The number of carbonyl (C=O) groups is 1. The molecule has 2 aromatic rings. The fourth-order valence-electron chi connectivity index (χ4n) is 3.76. The van der Waals surface area contributed by atoms with E-state index in [1.54, 1.807) is 13.3 Å². The first-order valence-electron chi connectivity index (χ1n) is 10.3. The zero-order valence-electron chi connectivity index (χ0n) is 17.5. The van der Waals surface area contributed by atoms with E-state index >= 15 is 0 Å². The monoisotopic (exact) mass is 397 g/mol. The predicted molar refractivity (Wildman–Crippen MR) is 115 cm³/mol. The number of aliphatic hydroxyl groups excluding tert-OH is 1. The number of methoxy groups -OCH3 is 1. The minimum atomic E-state index is -0.259. The molecule has 1 aromatic carbocycles. The molecule has 1 saturated heterocycles. The molecule has 0 saturated carbocycles. The number of pyridine rings is 1. The second-order valence-electron chi connectivity index (χ2n) is 8.00. The van der Waals surface area contributed by atoms with E-state index in [0.29, 0.717) is 11.5 Å². The Hall–Kier alpha value is -2.60. The Kier molecular flexibility index (Phi) is 7.09. The van der Waals surface area contributed by atoms with E-state index in [2.05, 4.69) is 29.0 Å².